The first kappa shape index (κ1) is 17.0. The van der Waals surface area contributed by atoms with Crippen LogP contribution >= 0.6 is 0 Å². The topological polar surface area (TPSA) is 21.3 Å². The molecule has 0 aliphatic heterocycles. The smallest absolute Gasteiger partial charge is 0.0700 e. The summed E-state index contributed by atoms with van der Waals surface area (Å²) in [7, 11) is 0. The van der Waals surface area contributed by atoms with Crippen molar-refractivity contribution in [1.82, 2.24) is 5.32 Å². The molecule has 4 unspecified atom stereocenters. The van der Waals surface area contributed by atoms with E-state index in [0.29, 0.717) is 18.2 Å². The average Bonchev–Trinajstić information content (AvgIpc) is 2.33. The Labute approximate surface area is 120 Å². The Kier molecular flexibility index (Phi) is 7.38. The predicted octanol–water partition coefficient (Wildman–Crippen LogP) is 4.24. The van der Waals surface area contributed by atoms with Crippen LogP contribution in [0.25, 0.3) is 0 Å². The van der Waals surface area contributed by atoms with E-state index >= 15 is 0 Å². The molecule has 0 aromatic carbocycles. The Bertz CT molecular complexity index is 239. The number of hydrogen-bond acceptors (Lipinski definition) is 2. The second-order valence-electron chi connectivity index (χ2n) is 7.09. The van der Waals surface area contributed by atoms with Crippen LogP contribution in [-0.4, -0.2) is 24.8 Å². The first-order chi connectivity index (χ1) is 8.93. The minimum absolute atomic E-state index is 0.374. The van der Waals surface area contributed by atoms with Gasteiger partial charge in [0, 0.05) is 12.6 Å². The van der Waals surface area contributed by atoms with Crippen molar-refractivity contribution in [3.05, 3.63) is 0 Å². The van der Waals surface area contributed by atoms with Crippen LogP contribution in [0.1, 0.15) is 67.2 Å². The normalized spacial score (nSPS) is 30.0. The highest BCUT2D eigenvalue weighted by Crippen LogP contribution is 2.36. The lowest BCUT2D eigenvalue weighted by molar-refractivity contribution is -0.0804. The van der Waals surface area contributed by atoms with E-state index in [1.54, 1.807) is 0 Å². The van der Waals surface area contributed by atoms with Crippen molar-refractivity contribution in [3.63, 3.8) is 0 Å². The molecule has 0 saturated heterocycles. The van der Waals surface area contributed by atoms with Crippen LogP contribution in [-0.2, 0) is 4.74 Å². The fourth-order valence-corrected chi connectivity index (χ4v) is 3.17. The second kappa shape index (κ2) is 8.26. The molecular formula is C17H35NO. The highest BCUT2D eigenvalue weighted by atomic mass is 16.5. The largest absolute Gasteiger partial charge is 0.373 e. The number of nitrogens with one attached hydrogen (secondary N) is 1. The fraction of sp³-hybridized carbons (Fsp3) is 1.00. The Morgan fingerprint density at radius 1 is 1.16 bits per heavy atom. The van der Waals surface area contributed by atoms with Crippen LogP contribution in [0.15, 0.2) is 0 Å². The van der Waals surface area contributed by atoms with E-state index in [1.807, 2.05) is 0 Å². The van der Waals surface area contributed by atoms with Gasteiger partial charge in [-0.1, -0.05) is 48.0 Å². The van der Waals surface area contributed by atoms with E-state index < -0.39 is 0 Å². The molecule has 0 bridgehead atoms. The van der Waals surface area contributed by atoms with Crippen LogP contribution < -0.4 is 5.32 Å². The molecule has 1 rings (SSSR count). The van der Waals surface area contributed by atoms with Crippen molar-refractivity contribution in [2.75, 3.05) is 6.54 Å². The summed E-state index contributed by atoms with van der Waals surface area (Å²) in [6.45, 7) is 14.7. The Morgan fingerprint density at radius 2 is 1.84 bits per heavy atom. The molecule has 0 spiro atoms. The Morgan fingerprint density at radius 3 is 2.37 bits per heavy atom. The van der Waals surface area contributed by atoms with E-state index in [1.165, 1.54) is 19.3 Å². The molecule has 114 valence electrons. The van der Waals surface area contributed by atoms with Crippen LogP contribution in [0.4, 0.5) is 0 Å². The summed E-state index contributed by atoms with van der Waals surface area (Å²) in [5.74, 6) is 2.33. The zero-order valence-electron chi connectivity index (χ0n) is 13.9. The summed E-state index contributed by atoms with van der Waals surface area (Å²) in [5, 5.41) is 3.52. The van der Waals surface area contributed by atoms with Crippen molar-refractivity contribution in [1.29, 1.82) is 0 Å². The number of hydrogen-bond donors (Lipinski definition) is 1. The Hall–Kier alpha value is -0.0800. The molecule has 0 radical (unpaired) electrons. The van der Waals surface area contributed by atoms with Crippen LogP contribution in [0.5, 0.6) is 0 Å². The molecule has 1 N–H and O–H groups in total. The Balaban J connectivity index is 2.53. The van der Waals surface area contributed by atoms with Gasteiger partial charge in [-0.15, -0.1) is 0 Å². The van der Waals surface area contributed by atoms with Crippen molar-refractivity contribution in [2.24, 2.45) is 17.8 Å². The maximum absolute atomic E-state index is 6.47. The standard InChI is InChI=1S/C17H35NO/c1-7-15(11-18-13(4)5)19-17-10-14(6)8-9-16(17)12(2)3/h12-18H,7-11H2,1-6H3. The highest BCUT2D eigenvalue weighted by Gasteiger charge is 2.32. The van der Waals surface area contributed by atoms with E-state index in [4.69, 9.17) is 4.74 Å². The SMILES string of the molecule is CCC(CNC(C)C)OC1CC(C)CCC1C(C)C. The quantitative estimate of drug-likeness (QED) is 0.746. The van der Waals surface area contributed by atoms with Gasteiger partial charge in [0.05, 0.1) is 12.2 Å². The van der Waals surface area contributed by atoms with Crippen LogP contribution in [0, 0.1) is 17.8 Å². The molecule has 1 fully saturated rings. The lowest BCUT2D eigenvalue weighted by atomic mass is 9.75. The molecule has 0 aromatic heterocycles. The van der Waals surface area contributed by atoms with Crippen molar-refractivity contribution in [3.8, 4) is 0 Å². The first-order valence-corrected chi connectivity index (χ1v) is 8.32. The summed E-state index contributed by atoms with van der Waals surface area (Å²) in [6.07, 6.45) is 5.93. The molecule has 1 saturated carbocycles. The summed E-state index contributed by atoms with van der Waals surface area (Å²) < 4.78 is 6.47. The molecule has 0 heterocycles. The molecule has 4 atom stereocenters. The van der Waals surface area contributed by atoms with Gasteiger partial charge >= 0.3 is 0 Å². The van der Waals surface area contributed by atoms with Gasteiger partial charge in [-0.25, -0.2) is 0 Å². The third kappa shape index (κ3) is 5.83. The van der Waals surface area contributed by atoms with Crippen molar-refractivity contribution in [2.45, 2.75) is 85.5 Å². The average molecular weight is 269 g/mol. The minimum atomic E-state index is 0.374. The van der Waals surface area contributed by atoms with Crippen molar-refractivity contribution >= 4 is 0 Å². The summed E-state index contributed by atoms with van der Waals surface area (Å²) >= 11 is 0. The molecule has 0 amide bonds. The zero-order chi connectivity index (χ0) is 14.4. The zero-order valence-corrected chi connectivity index (χ0v) is 13.9. The van der Waals surface area contributed by atoms with Gasteiger partial charge in [0.25, 0.3) is 0 Å². The van der Waals surface area contributed by atoms with Crippen LogP contribution in [0.3, 0.4) is 0 Å². The van der Waals surface area contributed by atoms with Gasteiger partial charge < -0.3 is 10.1 Å². The highest BCUT2D eigenvalue weighted by molar-refractivity contribution is 4.82. The van der Waals surface area contributed by atoms with E-state index in [2.05, 4.69) is 46.9 Å². The minimum Gasteiger partial charge on any atom is -0.373 e. The third-order valence-corrected chi connectivity index (χ3v) is 4.54. The predicted molar refractivity (Wildman–Crippen MR) is 83.4 cm³/mol. The van der Waals surface area contributed by atoms with Crippen LogP contribution in [0.2, 0.25) is 0 Å². The lowest BCUT2D eigenvalue weighted by Gasteiger charge is -2.39. The maximum Gasteiger partial charge on any atom is 0.0700 e. The molecular weight excluding hydrogens is 234 g/mol. The fourth-order valence-electron chi connectivity index (χ4n) is 3.17. The van der Waals surface area contributed by atoms with Gasteiger partial charge in [-0.05, 0) is 37.0 Å². The molecule has 19 heavy (non-hydrogen) atoms. The first-order valence-electron chi connectivity index (χ1n) is 8.32. The molecule has 2 nitrogen and oxygen atoms in total. The second-order valence-corrected chi connectivity index (χ2v) is 7.09. The van der Waals surface area contributed by atoms with Gasteiger partial charge in [0.2, 0.25) is 0 Å². The van der Waals surface area contributed by atoms with Gasteiger partial charge in [-0.3, -0.25) is 0 Å². The van der Waals surface area contributed by atoms with Gasteiger partial charge in [-0.2, -0.15) is 0 Å². The molecule has 0 aromatic rings. The van der Waals surface area contributed by atoms with Gasteiger partial charge in [0.1, 0.15) is 0 Å². The number of rotatable bonds is 7. The number of ether oxygens (including phenoxy) is 1. The van der Waals surface area contributed by atoms with E-state index in [9.17, 15) is 0 Å². The van der Waals surface area contributed by atoms with E-state index in [0.717, 1.165) is 30.7 Å². The third-order valence-electron chi connectivity index (χ3n) is 4.54. The van der Waals surface area contributed by atoms with Gasteiger partial charge in [0.15, 0.2) is 0 Å². The molecule has 2 heteroatoms. The monoisotopic (exact) mass is 269 g/mol. The summed E-state index contributed by atoms with van der Waals surface area (Å²) in [6, 6.07) is 0.545. The lowest BCUT2D eigenvalue weighted by Crippen LogP contribution is -2.41. The van der Waals surface area contributed by atoms with E-state index in [-0.39, 0.29) is 0 Å². The maximum atomic E-state index is 6.47. The van der Waals surface area contributed by atoms with Crippen molar-refractivity contribution < 1.29 is 4.74 Å². The summed E-state index contributed by atoms with van der Waals surface area (Å²) in [4.78, 5) is 0. The molecule has 1 aliphatic rings. The summed E-state index contributed by atoms with van der Waals surface area (Å²) in [5.41, 5.74) is 0. The molecule has 1 aliphatic carbocycles.